The average molecular weight is 291 g/mol. The van der Waals surface area contributed by atoms with Crippen LogP contribution in [-0.2, 0) is 6.54 Å². The Kier molecular flexibility index (Phi) is 3.57. The van der Waals surface area contributed by atoms with Gasteiger partial charge in [-0.05, 0) is 25.5 Å². The van der Waals surface area contributed by atoms with Crippen LogP contribution >= 0.6 is 0 Å². The molecule has 0 unspecified atom stereocenters. The van der Waals surface area contributed by atoms with Crippen LogP contribution in [0.3, 0.4) is 0 Å². The van der Waals surface area contributed by atoms with E-state index in [0.29, 0.717) is 17.0 Å². The summed E-state index contributed by atoms with van der Waals surface area (Å²) in [7, 11) is 0. The van der Waals surface area contributed by atoms with E-state index in [1.165, 1.54) is 16.8 Å². The lowest BCUT2D eigenvalue weighted by Crippen LogP contribution is -2.05. The number of anilines is 1. The van der Waals surface area contributed by atoms with Crippen LogP contribution in [0.1, 0.15) is 17.0 Å². The number of nitro benzene ring substituents is 1. The molecule has 0 aliphatic rings. The summed E-state index contributed by atoms with van der Waals surface area (Å²) in [5.74, 6) is 0. The van der Waals surface area contributed by atoms with Crippen LogP contribution in [-0.4, -0.2) is 19.6 Å². The second kappa shape index (κ2) is 5.19. The first-order chi connectivity index (χ1) is 9.81. The summed E-state index contributed by atoms with van der Waals surface area (Å²) >= 11 is 0. The third-order valence-electron chi connectivity index (χ3n) is 3.15. The maximum absolute atomic E-state index is 10.9. The Morgan fingerprint density at radius 2 is 1.90 bits per heavy atom. The fourth-order valence-electron chi connectivity index (χ4n) is 2.15. The van der Waals surface area contributed by atoms with Gasteiger partial charge in [-0.25, -0.2) is 0 Å². The molecule has 0 bridgehead atoms. The normalized spacial score (nSPS) is 10.6. The molecule has 1 aromatic carbocycles. The zero-order valence-corrected chi connectivity index (χ0v) is 11.4. The van der Waals surface area contributed by atoms with Gasteiger partial charge in [0.1, 0.15) is 17.1 Å². The Morgan fingerprint density at radius 1 is 1.24 bits per heavy atom. The number of hydrogen-bond acceptors (Lipinski definition) is 6. The second-order valence-electron chi connectivity index (χ2n) is 4.58. The first-order valence-electron chi connectivity index (χ1n) is 6.02. The molecule has 9 nitrogen and oxygen atoms in total. The third-order valence-corrected chi connectivity index (χ3v) is 3.15. The van der Waals surface area contributed by atoms with E-state index >= 15 is 0 Å². The number of rotatable bonds is 4. The molecule has 110 valence electrons. The summed E-state index contributed by atoms with van der Waals surface area (Å²) in [6, 6.07) is 4.34. The molecule has 0 amide bonds. The summed E-state index contributed by atoms with van der Waals surface area (Å²) in [5.41, 5.74) is 6.91. The van der Waals surface area contributed by atoms with Crippen LogP contribution in [0.25, 0.3) is 0 Å². The number of nitrogens with two attached hydrogens (primary N) is 1. The number of hydrogen-bond donors (Lipinski definition) is 1. The lowest BCUT2D eigenvalue weighted by Gasteiger charge is -2.05. The van der Waals surface area contributed by atoms with E-state index in [4.69, 9.17) is 5.73 Å². The van der Waals surface area contributed by atoms with Crippen molar-refractivity contribution in [2.45, 2.75) is 20.4 Å². The van der Waals surface area contributed by atoms with Gasteiger partial charge in [-0.2, -0.15) is 5.10 Å². The Morgan fingerprint density at radius 3 is 2.38 bits per heavy atom. The largest absolute Gasteiger partial charge is 0.393 e. The summed E-state index contributed by atoms with van der Waals surface area (Å²) in [6.45, 7) is 3.42. The molecule has 1 heterocycles. The fraction of sp³-hybridized carbons (Fsp3) is 0.250. The van der Waals surface area contributed by atoms with Gasteiger partial charge >= 0.3 is 5.69 Å². The van der Waals surface area contributed by atoms with Crippen molar-refractivity contribution in [3.8, 4) is 0 Å². The van der Waals surface area contributed by atoms with E-state index in [2.05, 4.69) is 5.10 Å². The van der Waals surface area contributed by atoms with Crippen molar-refractivity contribution in [1.82, 2.24) is 9.78 Å². The SMILES string of the molecule is Cc1nn(Cc2ccc([N+](=O)[O-])c(N)c2)c(C)c1[N+](=O)[O-]. The minimum atomic E-state index is -0.562. The van der Waals surface area contributed by atoms with Crippen LogP contribution in [0.2, 0.25) is 0 Å². The predicted molar refractivity (Wildman–Crippen MR) is 75.0 cm³/mol. The van der Waals surface area contributed by atoms with Gasteiger partial charge in [-0.3, -0.25) is 24.9 Å². The lowest BCUT2D eigenvalue weighted by atomic mass is 10.1. The number of aromatic nitrogens is 2. The Bertz CT molecular complexity index is 737. The number of nitrogen functional groups attached to an aromatic ring is 1. The van der Waals surface area contributed by atoms with Crippen molar-refractivity contribution in [3.63, 3.8) is 0 Å². The van der Waals surface area contributed by atoms with Crippen molar-refractivity contribution >= 4 is 17.1 Å². The standard InChI is InChI=1S/C12H13N5O4/c1-7-12(17(20)21)8(2)15(14-7)6-9-3-4-11(16(18)19)10(13)5-9/h3-5H,6,13H2,1-2H3. The van der Waals surface area contributed by atoms with Crippen LogP contribution in [0.4, 0.5) is 17.1 Å². The summed E-state index contributed by atoms with van der Waals surface area (Å²) in [6.07, 6.45) is 0. The van der Waals surface area contributed by atoms with Gasteiger partial charge in [0.05, 0.1) is 16.4 Å². The molecule has 1 aromatic heterocycles. The van der Waals surface area contributed by atoms with Crippen molar-refractivity contribution in [3.05, 3.63) is 55.4 Å². The number of aryl methyl sites for hydroxylation is 1. The summed E-state index contributed by atoms with van der Waals surface area (Å²) < 4.78 is 1.48. The molecule has 0 spiro atoms. The van der Waals surface area contributed by atoms with Crippen LogP contribution in [0, 0.1) is 34.1 Å². The van der Waals surface area contributed by atoms with Crippen molar-refractivity contribution in [2.75, 3.05) is 5.73 Å². The van der Waals surface area contributed by atoms with Gasteiger partial charge in [-0.15, -0.1) is 0 Å². The van der Waals surface area contributed by atoms with E-state index in [0.717, 1.165) is 0 Å². The Balaban J connectivity index is 2.35. The van der Waals surface area contributed by atoms with E-state index in [9.17, 15) is 20.2 Å². The molecule has 2 aromatic rings. The molecule has 0 saturated heterocycles. The highest BCUT2D eigenvalue weighted by molar-refractivity contribution is 5.59. The molecule has 2 N–H and O–H groups in total. The maximum atomic E-state index is 10.9. The number of nitrogens with zero attached hydrogens (tertiary/aromatic N) is 4. The molecule has 0 atom stereocenters. The summed E-state index contributed by atoms with van der Waals surface area (Å²) in [4.78, 5) is 20.6. The molecule has 0 radical (unpaired) electrons. The van der Waals surface area contributed by atoms with E-state index in [1.54, 1.807) is 19.9 Å². The molecule has 0 aliphatic carbocycles. The van der Waals surface area contributed by atoms with E-state index in [1.807, 2.05) is 0 Å². The molecule has 0 saturated carbocycles. The maximum Gasteiger partial charge on any atom is 0.312 e. The summed E-state index contributed by atoms with van der Waals surface area (Å²) in [5, 5.41) is 25.8. The smallest absolute Gasteiger partial charge is 0.312 e. The third kappa shape index (κ3) is 2.66. The molecule has 21 heavy (non-hydrogen) atoms. The van der Waals surface area contributed by atoms with Gasteiger partial charge in [-0.1, -0.05) is 6.07 Å². The monoisotopic (exact) mass is 291 g/mol. The first-order valence-corrected chi connectivity index (χ1v) is 6.02. The zero-order valence-electron chi connectivity index (χ0n) is 11.4. The highest BCUT2D eigenvalue weighted by Gasteiger charge is 2.22. The Labute approximate surface area is 119 Å². The van der Waals surface area contributed by atoms with Crippen molar-refractivity contribution in [2.24, 2.45) is 0 Å². The van der Waals surface area contributed by atoms with Crippen LogP contribution in [0.15, 0.2) is 18.2 Å². The number of benzene rings is 1. The molecular weight excluding hydrogens is 278 g/mol. The molecule has 0 aliphatic heterocycles. The van der Waals surface area contributed by atoms with E-state index < -0.39 is 9.85 Å². The van der Waals surface area contributed by atoms with Crippen molar-refractivity contribution in [1.29, 1.82) is 0 Å². The van der Waals surface area contributed by atoms with Gasteiger partial charge in [0.2, 0.25) is 0 Å². The minimum Gasteiger partial charge on any atom is -0.393 e. The van der Waals surface area contributed by atoms with Gasteiger partial charge in [0.25, 0.3) is 5.69 Å². The molecule has 0 fully saturated rings. The molecule has 9 heteroatoms. The first kappa shape index (κ1) is 14.4. The minimum absolute atomic E-state index is 0.0233. The fourth-order valence-corrected chi connectivity index (χ4v) is 2.15. The second-order valence-corrected chi connectivity index (χ2v) is 4.58. The van der Waals surface area contributed by atoms with Gasteiger partial charge in [0, 0.05) is 6.07 Å². The number of nitro groups is 2. The Hall–Kier alpha value is -2.97. The molecular formula is C12H13N5O4. The highest BCUT2D eigenvalue weighted by Crippen LogP contribution is 2.25. The van der Waals surface area contributed by atoms with Crippen LogP contribution in [0.5, 0.6) is 0 Å². The average Bonchev–Trinajstić information content (AvgIpc) is 2.63. The molecule has 2 rings (SSSR count). The van der Waals surface area contributed by atoms with E-state index in [-0.39, 0.29) is 23.6 Å². The van der Waals surface area contributed by atoms with Crippen molar-refractivity contribution < 1.29 is 9.85 Å². The van der Waals surface area contributed by atoms with Gasteiger partial charge in [0.15, 0.2) is 0 Å². The van der Waals surface area contributed by atoms with Gasteiger partial charge < -0.3 is 5.73 Å². The van der Waals surface area contributed by atoms with Crippen LogP contribution < -0.4 is 5.73 Å². The lowest BCUT2D eigenvalue weighted by molar-refractivity contribution is -0.386. The quantitative estimate of drug-likeness (QED) is 0.520. The topological polar surface area (TPSA) is 130 Å². The zero-order chi connectivity index (χ0) is 15.7. The predicted octanol–water partition coefficient (Wildman–Crippen LogP) is 1.95. The highest BCUT2D eigenvalue weighted by atomic mass is 16.6.